The van der Waals surface area contributed by atoms with E-state index in [0.717, 1.165) is 37.6 Å². The first-order chi connectivity index (χ1) is 14.6. The summed E-state index contributed by atoms with van der Waals surface area (Å²) in [6, 6.07) is 8.42. The first-order valence-corrected chi connectivity index (χ1v) is 10.5. The van der Waals surface area contributed by atoms with Crippen LogP contribution in [0, 0.1) is 0 Å². The van der Waals surface area contributed by atoms with Gasteiger partial charge in [-0.15, -0.1) is 0 Å². The largest absolute Gasteiger partial charge is 0.370 e. The molecule has 1 atom stereocenters. The van der Waals surface area contributed by atoms with E-state index < -0.39 is 0 Å². The molecule has 1 amide bonds. The van der Waals surface area contributed by atoms with Crippen LogP contribution in [0.2, 0.25) is 0 Å². The highest BCUT2D eigenvalue weighted by atomic mass is 16.5. The number of carbonyl (C=O) groups is 1. The van der Waals surface area contributed by atoms with E-state index in [1.807, 2.05) is 31.4 Å². The van der Waals surface area contributed by atoms with E-state index >= 15 is 0 Å². The molecule has 1 aromatic heterocycles. The first-order valence-electron chi connectivity index (χ1n) is 10.5. The summed E-state index contributed by atoms with van der Waals surface area (Å²) < 4.78 is 7.74. The van der Waals surface area contributed by atoms with Crippen molar-refractivity contribution in [1.29, 1.82) is 0 Å². The first kappa shape index (κ1) is 20.4. The van der Waals surface area contributed by atoms with Crippen LogP contribution in [0.3, 0.4) is 0 Å². The molecular formula is C22H30N6O2. The number of nitrogens with one attached hydrogen (secondary N) is 1. The van der Waals surface area contributed by atoms with Crippen molar-refractivity contribution >= 4 is 11.9 Å². The van der Waals surface area contributed by atoms with Crippen LogP contribution in [0.5, 0.6) is 0 Å². The van der Waals surface area contributed by atoms with Crippen LogP contribution in [0.4, 0.5) is 0 Å². The summed E-state index contributed by atoms with van der Waals surface area (Å²) in [6.07, 6.45) is 5.50. The minimum Gasteiger partial charge on any atom is -0.370 e. The summed E-state index contributed by atoms with van der Waals surface area (Å²) in [5.41, 5.74) is 3.43. The maximum atomic E-state index is 11.9. The van der Waals surface area contributed by atoms with Crippen LogP contribution in [0.15, 0.2) is 41.7 Å². The fourth-order valence-electron chi connectivity index (χ4n) is 4.09. The molecule has 2 fully saturated rings. The zero-order valence-electron chi connectivity index (χ0n) is 17.8. The third-order valence-electron chi connectivity index (χ3n) is 5.66. The molecule has 0 aliphatic carbocycles. The minimum absolute atomic E-state index is 0.00711. The van der Waals surface area contributed by atoms with Crippen molar-refractivity contribution in [2.45, 2.75) is 32.0 Å². The molecule has 3 heterocycles. The molecule has 1 unspecified atom stereocenters. The molecule has 2 saturated heterocycles. The maximum Gasteiger partial charge on any atom is 0.222 e. The highest BCUT2D eigenvalue weighted by molar-refractivity contribution is 5.80. The lowest BCUT2D eigenvalue weighted by molar-refractivity contribution is -0.128. The highest BCUT2D eigenvalue weighted by Crippen LogP contribution is 2.21. The second-order valence-corrected chi connectivity index (χ2v) is 7.89. The van der Waals surface area contributed by atoms with Gasteiger partial charge in [-0.05, 0) is 17.5 Å². The van der Waals surface area contributed by atoms with Crippen molar-refractivity contribution in [1.82, 2.24) is 24.9 Å². The average Bonchev–Trinajstić information content (AvgIpc) is 3.37. The number of ether oxygens (including phenoxy) is 1. The van der Waals surface area contributed by atoms with Crippen LogP contribution in [0.1, 0.15) is 35.6 Å². The number of nitrogens with zero attached hydrogens (tertiary/aromatic N) is 5. The summed E-state index contributed by atoms with van der Waals surface area (Å²) in [7, 11) is 3.73. The molecule has 0 bridgehead atoms. The zero-order valence-corrected chi connectivity index (χ0v) is 17.8. The molecule has 2 aromatic rings. The smallest absolute Gasteiger partial charge is 0.222 e. The standard InChI is InChI=1S/C22H30N6O2/c1-23-22(28-9-10-30-20(16-28)19-13-25-26(2)15-19)24-12-17-5-3-6-18(11-17)14-27-8-4-7-21(27)29/h3,5-6,11,13,15,20H,4,7-10,12,14,16H2,1-2H3,(H,23,24). The summed E-state index contributed by atoms with van der Waals surface area (Å²) >= 11 is 0. The van der Waals surface area contributed by atoms with E-state index in [2.05, 4.69) is 44.6 Å². The summed E-state index contributed by atoms with van der Waals surface area (Å²) in [4.78, 5) is 20.5. The molecule has 1 N–H and O–H groups in total. The Labute approximate surface area is 177 Å². The van der Waals surface area contributed by atoms with E-state index in [1.165, 1.54) is 11.1 Å². The number of likely N-dealkylation sites (tertiary alicyclic amines) is 1. The lowest BCUT2D eigenvalue weighted by Gasteiger charge is -2.34. The molecule has 8 heteroatoms. The van der Waals surface area contributed by atoms with Gasteiger partial charge in [0.15, 0.2) is 5.96 Å². The van der Waals surface area contributed by atoms with Gasteiger partial charge in [0.2, 0.25) is 5.91 Å². The Balaban J connectivity index is 1.35. The number of amides is 1. The molecule has 0 radical (unpaired) electrons. The van der Waals surface area contributed by atoms with Crippen LogP contribution >= 0.6 is 0 Å². The third kappa shape index (κ3) is 4.81. The molecule has 160 valence electrons. The van der Waals surface area contributed by atoms with E-state index in [0.29, 0.717) is 26.1 Å². The maximum absolute atomic E-state index is 11.9. The summed E-state index contributed by atoms with van der Waals surface area (Å²) in [6.45, 7) is 4.43. The van der Waals surface area contributed by atoms with E-state index in [4.69, 9.17) is 4.74 Å². The predicted octanol–water partition coefficient (Wildman–Crippen LogP) is 1.69. The molecule has 0 saturated carbocycles. The predicted molar refractivity (Wildman–Crippen MR) is 115 cm³/mol. The molecule has 30 heavy (non-hydrogen) atoms. The number of aliphatic imine (C=N–C) groups is 1. The second kappa shape index (κ2) is 9.30. The van der Waals surface area contributed by atoms with Crippen LogP contribution < -0.4 is 5.32 Å². The average molecular weight is 411 g/mol. The van der Waals surface area contributed by atoms with Gasteiger partial charge in [-0.25, -0.2) is 0 Å². The monoisotopic (exact) mass is 410 g/mol. The quantitative estimate of drug-likeness (QED) is 0.600. The molecule has 8 nitrogen and oxygen atoms in total. The van der Waals surface area contributed by atoms with Crippen molar-refractivity contribution < 1.29 is 9.53 Å². The number of carbonyl (C=O) groups excluding carboxylic acids is 1. The normalized spacial score (nSPS) is 20.1. The Morgan fingerprint density at radius 2 is 2.20 bits per heavy atom. The number of aromatic nitrogens is 2. The van der Waals surface area contributed by atoms with E-state index in [-0.39, 0.29) is 12.0 Å². The van der Waals surface area contributed by atoms with Gasteiger partial charge in [-0.3, -0.25) is 14.5 Å². The van der Waals surface area contributed by atoms with Crippen LogP contribution in [0.25, 0.3) is 0 Å². The lowest BCUT2D eigenvalue weighted by Crippen LogP contribution is -2.47. The Morgan fingerprint density at radius 3 is 2.93 bits per heavy atom. The second-order valence-electron chi connectivity index (χ2n) is 7.89. The number of aryl methyl sites for hydroxylation is 1. The van der Waals surface area contributed by atoms with Crippen molar-refractivity contribution in [3.63, 3.8) is 0 Å². The van der Waals surface area contributed by atoms with Gasteiger partial charge in [0, 0.05) is 58.5 Å². The molecule has 4 rings (SSSR count). The van der Waals surface area contributed by atoms with Gasteiger partial charge >= 0.3 is 0 Å². The fourth-order valence-corrected chi connectivity index (χ4v) is 4.09. The number of benzene rings is 1. The zero-order chi connectivity index (χ0) is 20.9. The van der Waals surface area contributed by atoms with Crippen molar-refractivity contribution in [3.05, 3.63) is 53.3 Å². The Morgan fingerprint density at radius 1 is 1.33 bits per heavy atom. The topological polar surface area (TPSA) is 75.0 Å². The number of morpholine rings is 1. The number of hydrogen-bond donors (Lipinski definition) is 1. The van der Waals surface area contributed by atoms with Gasteiger partial charge in [0.1, 0.15) is 6.10 Å². The Hall–Kier alpha value is -2.87. The van der Waals surface area contributed by atoms with Gasteiger partial charge in [0.05, 0.1) is 19.3 Å². The van der Waals surface area contributed by atoms with Crippen molar-refractivity contribution in [2.75, 3.05) is 33.3 Å². The molecular weight excluding hydrogens is 380 g/mol. The fraction of sp³-hybridized carbons (Fsp3) is 0.500. The Bertz CT molecular complexity index is 909. The number of guanidine groups is 1. The van der Waals surface area contributed by atoms with Gasteiger partial charge in [-0.1, -0.05) is 24.3 Å². The van der Waals surface area contributed by atoms with Gasteiger partial charge in [-0.2, -0.15) is 5.10 Å². The SMILES string of the molecule is CN=C(NCc1cccc(CN2CCCC2=O)c1)N1CCOC(c2cnn(C)c2)C1. The van der Waals surface area contributed by atoms with Crippen molar-refractivity contribution in [2.24, 2.45) is 12.0 Å². The van der Waals surface area contributed by atoms with Crippen LogP contribution in [-0.4, -0.2) is 64.7 Å². The summed E-state index contributed by atoms with van der Waals surface area (Å²) in [5.74, 6) is 1.13. The Kier molecular flexibility index (Phi) is 6.32. The van der Waals surface area contributed by atoms with Gasteiger partial charge < -0.3 is 19.9 Å². The van der Waals surface area contributed by atoms with Gasteiger partial charge in [0.25, 0.3) is 0 Å². The highest BCUT2D eigenvalue weighted by Gasteiger charge is 2.25. The number of hydrogen-bond acceptors (Lipinski definition) is 4. The number of rotatable bonds is 5. The lowest BCUT2D eigenvalue weighted by atomic mass is 10.1. The minimum atomic E-state index is -0.00711. The summed E-state index contributed by atoms with van der Waals surface area (Å²) in [5, 5.41) is 7.74. The van der Waals surface area contributed by atoms with Crippen LogP contribution in [-0.2, 0) is 29.7 Å². The third-order valence-corrected chi connectivity index (χ3v) is 5.66. The van der Waals surface area contributed by atoms with E-state index in [1.54, 1.807) is 4.68 Å². The molecule has 2 aliphatic heterocycles. The molecule has 0 spiro atoms. The molecule has 2 aliphatic rings. The molecule has 1 aromatic carbocycles. The van der Waals surface area contributed by atoms with E-state index in [9.17, 15) is 4.79 Å². The van der Waals surface area contributed by atoms with Crippen molar-refractivity contribution in [3.8, 4) is 0 Å².